The van der Waals surface area contributed by atoms with Gasteiger partial charge in [-0.05, 0) is 29.5 Å². The lowest BCUT2D eigenvalue weighted by Gasteiger charge is -2.11. The highest BCUT2D eigenvalue weighted by Crippen LogP contribution is 2.23. The second-order valence-corrected chi connectivity index (χ2v) is 5.75. The molecule has 1 heterocycles. The van der Waals surface area contributed by atoms with Gasteiger partial charge in [0.1, 0.15) is 0 Å². The molecule has 8 heteroatoms. The van der Waals surface area contributed by atoms with E-state index in [4.69, 9.17) is 0 Å². The molecular formula is C15H16N4O3S. The zero-order valence-corrected chi connectivity index (χ0v) is 13.8. The fourth-order valence-corrected chi connectivity index (χ4v) is 2.39. The first-order valence-corrected chi connectivity index (χ1v) is 7.48. The van der Waals surface area contributed by atoms with E-state index in [9.17, 15) is 9.59 Å². The normalized spacial score (nSPS) is 17.8. The number of amides is 1. The van der Waals surface area contributed by atoms with Gasteiger partial charge in [-0.15, -0.1) is 5.10 Å². The van der Waals surface area contributed by atoms with E-state index in [1.165, 1.54) is 7.11 Å². The van der Waals surface area contributed by atoms with E-state index in [1.54, 1.807) is 6.21 Å². The van der Waals surface area contributed by atoms with Crippen LogP contribution in [0.15, 0.2) is 45.4 Å². The number of amidine groups is 1. The predicted octanol–water partition coefficient (Wildman–Crippen LogP) is 1.36. The number of anilines is 1. The van der Waals surface area contributed by atoms with Gasteiger partial charge in [0.05, 0.1) is 18.2 Å². The van der Waals surface area contributed by atoms with Crippen LogP contribution in [0.5, 0.6) is 0 Å². The molecule has 1 amide bonds. The molecule has 120 valence electrons. The Morgan fingerprint density at radius 2 is 2.00 bits per heavy atom. The summed E-state index contributed by atoms with van der Waals surface area (Å²) in [7, 11) is 5.18. The van der Waals surface area contributed by atoms with Gasteiger partial charge in [-0.2, -0.15) is 5.10 Å². The topological polar surface area (TPSA) is 83.4 Å². The number of methoxy groups -OCH3 is 1. The number of hydrogen-bond acceptors (Lipinski definition) is 7. The van der Waals surface area contributed by atoms with Crippen molar-refractivity contribution in [2.75, 3.05) is 26.1 Å². The maximum Gasteiger partial charge on any atom is 0.331 e. The minimum Gasteiger partial charge on any atom is -0.466 e. The van der Waals surface area contributed by atoms with Gasteiger partial charge < -0.3 is 9.64 Å². The maximum absolute atomic E-state index is 11.6. The van der Waals surface area contributed by atoms with Crippen LogP contribution in [0.25, 0.3) is 0 Å². The molecule has 0 radical (unpaired) electrons. The molecule has 1 aliphatic heterocycles. The number of nitrogens with one attached hydrogen (secondary N) is 1. The zero-order valence-electron chi connectivity index (χ0n) is 12.9. The molecule has 0 atom stereocenters. The van der Waals surface area contributed by atoms with Gasteiger partial charge in [0.15, 0.2) is 5.17 Å². The van der Waals surface area contributed by atoms with Crippen molar-refractivity contribution in [1.29, 1.82) is 0 Å². The molecule has 1 aromatic rings. The van der Waals surface area contributed by atoms with E-state index in [-0.39, 0.29) is 4.91 Å². The summed E-state index contributed by atoms with van der Waals surface area (Å²) in [6, 6.07) is 7.78. The highest BCUT2D eigenvalue weighted by molar-refractivity contribution is 8.18. The number of nitrogens with zero attached hydrogens (tertiary/aromatic N) is 3. The number of hydrogen-bond donors (Lipinski definition) is 1. The van der Waals surface area contributed by atoms with Crippen LogP contribution < -0.4 is 10.2 Å². The van der Waals surface area contributed by atoms with E-state index in [2.05, 4.69) is 20.3 Å². The Bertz CT molecular complexity index is 693. The van der Waals surface area contributed by atoms with Crippen molar-refractivity contribution in [1.82, 2.24) is 5.32 Å². The van der Waals surface area contributed by atoms with Crippen molar-refractivity contribution in [2.45, 2.75) is 0 Å². The fraction of sp³-hybridized carbons (Fsp3) is 0.200. The van der Waals surface area contributed by atoms with Crippen molar-refractivity contribution in [3.05, 3.63) is 40.8 Å². The van der Waals surface area contributed by atoms with Gasteiger partial charge >= 0.3 is 5.97 Å². The van der Waals surface area contributed by atoms with E-state index in [0.29, 0.717) is 5.17 Å². The molecule has 0 unspecified atom stereocenters. The van der Waals surface area contributed by atoms with E-state index >= 15 is 0 Å². The molecular weight excluding hydrogens is 316 g/mol. The van der Waals surface area contributed by atoms with Gasteiger partial charge in [0.25, 0.3) is 5.91 Å². The van der Waals surface area contributed by atoms with Crippen LogP contribution in [0.3, 0.4) is 0 Å². The van der Waals surface area contributed by atoms with Gasteiger partial charge in [-0.3, -0.25) is 10.1 Å². The first-order valence-electron chi connectivity index (χ1n) is 6.67. The molecule has 1 saturated heterocycles. The summed E-state index contributed by atoms with van der Waals surface area (Å²) in [4.78, 5) is 25.0. The third-order valence-corrected chi connectivity index (χ3v) is 3.77. The van der Waals surface area contributed by atoms with E-state index in [0.717, 1.165) is 29.1 Å². The van der Waals surface area contributed by atoms with Crippen LogP contribution in [0.4, 0.5) is 5.69 Å². The molecule has 1 aromatic carbocycles. The summed E-state index contributed by atoms with van der Waals surface area (Å²) in [5, 5.41) is 10.7. The molecule has 23 heavy (non-hydrogen) atoms. The standard InChI is InChI=1S/C15H16N4O3S/c1-19(2)11-6-4-10(5-7-11)9-16-18-15-17-14(21)12(23-15)8-13(20)22-3/h4-9H,1-3H3,(H,17,18,21)/b12-8-,16-9+. The summed E-state index contributed by atoms with van der Waals surface area (Å²) in [6.07, 6.45) is 2.70. The number of benzene rings is 1. The summed E-state index contributed by atoms with van der Waals surface area (Å²) >= 11 is 1.03. The average Bonchev–Trinajstić information content (AvgIpc) is 2.87. The third kappa shape index (κ3) is 4.68. The lowest BCUT2D eigenvalue weighted by Crippen LogP contribution is -2.19. The molecule has 1 fully saturated rings. The van der Waals surface area contributed by atoms with Crippen LogP contribution in [0.1, 0.15) is 5.56 Å². The second kappa shape index (κ2) is 7.59. The number of thioether (sulfide) groups is 1. The van der Waals surface area contributed by atoms with Crippen molar-refractivity contribution in [3.8, 4) is 0 Å². The fourth-order valence-electron chi connectivity index (χ4n) is 1.65. The predicted molar refractivity (Wildman–Crippen MR) is 91.6 cm³/mol. The molecule has 1 aliphatic rings. The molecule has 0 spiro atoms. The molecule has 0 aromatic heterocycles. The minimum atomic E-state index is -0.589. The number of esters is 1. The molecule has 1 N–H and O–H groups in total. The van der Waals surface area contributed by atoms with Crippen molar-refractivity contribution in [3.63, 3.8) is 0 Å². The van der Waals surface area contributed by atoms with Crippen LogP contribution in [0, 0.1) is 0 Å². The first-order chi connectivity index (χ1) is 11.0. The monoisotopic (exact) mass is 332 g/mol. The molecule has 0 aliphatic carbocycles. The van der Waals surface area contributed by atoms with Crippen molar-refractivity contribution < 1.29 is 14.3 Å². The zero-order chi connectivity index (χ0) is 16.8. The molecule has 7 nitrogen and oxygen atoms in total. The van der Waals surface area contributed by atoms with Crippen LogP contribution >= 0.6 is 11.8 Å². The Morgan fingerprint density at radius 3 is 2.61 bits per heavy atom. The van der Waals surface area contributed by atoms with Crippen LogP contribution in [0.2, 0.25) is 0 Å². The number of ether oxygens (including phenoxy) is 1. The van der Waals surface area contributed by atoms with Gasteiger partial charge in [-0.25, -0.2) is 4.79 Å². The average molecular weight is 332 g/mol. The molecule has 2 rings (SSSR count). The first kappa shape index (κ1) is 16.8. The van der Waals surface area contributed by atoms with Gasteiger partial charge in [0, 0.05) is 25.9 Å². The lowest BCUT2D eigenvalue weighted by atomic mass is 10.2. The summed E-state index contributed by atoms with van der Waals surface area (Å²) in [5.41, 5.74) is 1.98. The maximum atomic E-state index is 11.6. The number of rotatable bonds is 4. The smallest absolute Gasteiger partial charge is 0.331 e. The Balaban J connectivity index is 2.02. The summed E-state index contributed by atoms with van der Waals surface area (Å²) < 4.78 is 4.48. The second-order valence-electron chi connectivity index (χ2n) is 4.72. The highest BCUT2D eigenvalue weighted by atomic mass is 32.2. The summed E-state index contributed by atoms with van der Waals surface area (Å²) in [5.74, 6) is -0.988. The number of carbonyl (C=O) groups excluding carboxylic acids is 2. The Morgan fingerprint density at radius 1 is 1.30 bits per heavy atom. The SMILES string of the molecule is COC(=O)/C=C1\S/C(=N\N=C\c2ccc(N(C)C)cc2)NC1=O. The van der Waals surface area contributed by atoms with Gasteiger partial charge in [-0.1, -0.05) is 12.1 Å². The summed E-state index contributed by atoms with van der Waals surface area (Å²) in [6.45, 7) is 0. The van der Waals surface area contributed by atoms with Crippen molar-refractivity contribution in [2.24, 2.45) is 10.2 Å². The quantitative estimate of drug-likeness (QED) is 0.390. The highest BCUT2D eigenvalue weighted by Gasteiger charge is 2.24. The van der Waals surface area contributed by atoms with E-state index < -0.39 is 11.9 Å². The molecule has 0 saturated carbocycles. The Kier molecular flexibility index (Phi) is 5.53. The third-order valence-electron chi connectivity index (χ3n) is 2.87. The van der Waals surface area contributed by atoms with Crippen LogP contribution in [-0.2, 0) is 14.3 Å². The lowest BCUT2D eigenvalue weighted by molar-refractivity contribution is -0.135. The molecule has 0 bridgehead atoms. The Labute approximate surface area is 138 Å². The number of carbonyl (C=O) groups is 2. The van der Waals surface area contributed by atoms with E-state index in [1.807, 2.05) is 43.3 Å². The minimum absolute atomic E-state index is 0.223. The largest absolute Gasteiger partial charge is 0.466 e. The Hall–Kier alpha value is -2.61. The van der Waals surface area contributed by atoms with Gasteiger partial charge in [0.2, 0.25) is 0 Å². The van der Waals surface area contributed by atoms with Crippen molar-refractivity contribution >= 4 is 40.7 Å². The van der Waals surface area contributed by atoms with Crippen LogP contribution in [-0.4, -0.2) is 44.5 Å².